The summed E-state index contributed by atoms with van der Waals surface area (Å²) in [6.07, 6.45) is 5.80. The van der Waals surface area contributed by atoms with Gasteiger partial charge in [-0.2, -0.15) is 0 Å². The van der Waals surface area contributed by atoms with Crippen molar-refractivity contribution < 1.29 is 13.9 Å². The molecule has 1 amide bonds. The summed E-state index contributed by atoms with van der Waals surface area (Å²) in [5, 5.41) is 0. The number of halogens is 1. The average molecular weight is 465 g/mol. The molecule has 1 atom stereocenters. The topological polar surface area (TPSA) is 32.8 Å². The lowest BCUT2D eigenvalue weighted by Crippen LogP contribution is -2.52. The van der Waals surface area contributed by atoms with Crippen molar-refractivity contribution in [1.29, 1.82) is 0 Å². The molecule has 34 heavy (non-hydrogen) atoms. The largest absolute Gasteiger partial charge is 0.377 e. The van der Waals surface area contributed by atoms with Crippen LogP contribution in [0.25, 0.3) is 0 Å². The smallest absolute Gasteiger partial charge is 0.228 e. The Morgan fingerprint density at radius 2 is 1.68 bits per heavy atom. The number of piperidine rings is 2. The first kappa shape index (κ1) is 23.5. The number of hydrogen-bond acceptors (Lipinski definition) is 3. The van der Waals surface area contributed by atoms with Crippen LogP contribution in [0.4, 0.5) is 4.39 Å². The summed E-state index contributed by atoms with van der Waals surface area (Å²) >= 11 is 0. The zero-order chi connectivity index (χ0) is 23.6. The molecule has 5 heteroatoms. The summed E-state index contributed by atoms with van der Waals surface area (Å²) in [6, 6.07) is 17.4. The third-order valence-corrected chi connectivity index (χ3v) is 8.47. The number of ether oxygens (including phenoxy) is 1. The van der Waals surface area contributed by atoms with E-state index in [0.717, 1.165) is 83.4 Å². The molecule has 0 aromatic heterocycles. The van der Waals surface area contributed by atoms with Gasteiger partial charge in [-0.1, -0.05) is 49.4 Å². The third kappa shape index (κ3) is 5.21. The first-order chi connectivity index (χ1) is 16.4. The fourth-order valence-electron chi connectivity index (χ4n) is 6.13. The van der Waals surface area contributed by atoms with Gasteiger partial charge in [0.15, 0.2) is 0 Å². The molecule has 182 valence electrons. The Labute approximate surface area is 203 Å². The fourth-order valence-corrected chi connectivity index (χ4v) is 6.13. The molecule has 3 heterocycles. The highest BCUT2D eigenvalue weighted by molar-refractivity contribution is 5.82. The zero-order valence-corrected chi connectivity index (χ0v) is 20.3. The van der Waals surface area contributed by atoms with E-state index in [9.17, 15) is 9.18 Å². The standard InChI is InChI=1S/C29H37FN2O2/c1-28(10-14-31(15-11-28)21-23-6-3-2-4-7-23)27(33)32-16-12-29(13-17-32)20-26(34-22-29)19-24-8-5-9-25(30)18-24/h2-9,18,26H,10-17,19-22H2,1H3. The minimum Gasteiger partial charge on any atom is -0.377 e. The Kier molecular flexibility index (Phi) is 6.76. The lowest BCUT2D eigenvalue weighted by atomic mass is 9.74. The summed E-state index contributed by atoms with van der Waals surface area (Å²) in [5.41, 5.74) is 2.27. The summed E-state index contributed by atoms with van der Waals surface area (Å²) in [6.45, 7) is 7.52. The Morgan fingerprint density at radius 3 is 2.38 bits per heavy atom. The van der Waals surface area contributed by atoms with Crippen molar-refractivity contribution in [3.63, 3.8) is 0 Å². The second kappa shape index (κ2) is 9.79. The lowest BCUT2D eigenvalue weighted by molar-refractivity contribution is -0.146. The van der Waals surface area contributed by atoms with Gasteiger partial charge < -0.3 is 9.64 Å². The van der Waals surface area contributed by atoms with Crippen LogP contribution in [0.2, 0.25) is 0 Å². The van der Waals surface area contributed by atoms with Gasteiger partial charge in [0.1, 0.15) is 5.82 Å². The van der Waals surface area contributed by atoms with Gasteiger partial charge in [0, 0.05) is 25.0 Å². The molecule has 3 aliphatic heterocycles. The van der Waals surface area contributed by atoms with Gasteiger partial charge in [-0.25, -0.2) is 4.39 Å². The Balaban J connectivity index is 1.10. The van der Waals surface area contributed by atoms with Crippen molar-refractivity contribution >= 4 is 5.91 Å². The second-order valence-electron chi connectivity index (χ2n) is 11.1. The van der Waals surface area contributed by atoms with E-state index in [1.807, 2.05) is 6.07 Å². The van der Waals surface area contributed by atoms with Gasteiger partial charge in [0.25, 0.3) is 0 Å². The van der Waals surface area contributed by atoms with Crippen molar-refractivity contribution in [2.75, 3.05) is 32.8 Å². The van der Waals surface area contributed by atoms with Crippen LogP contribution < -0.4 is 0 Å². The molecule has 3 aliphatic rings. The number of benzene rings is 2. The van der Waals surface area contributed by atoms with Crippen LogP contribution in [-0.2, 0) is 22.5 Å². The predicted octanol–water partition coefficient (Wildman–Crippen LogP) is 5.07. The van der Waals surface area contributed by atoms with Crippen molar-refractivity contribution in [3.05, 3.63) is 71.5 Å². The normalized spacial score (nSPS) is 24.4. The molecular weight excluding hydrogens is 427 g/mol. The minimum absolute atomic E-state index is 0.149. The number of rotatable bonds is 5. The van der Waals surface area contributed by atoms with Crippen LogP contribution in [0.3, 0.4) is 0 Å². The number of likely N-dealkylation sites (tertiary alicyclic amines) is 2. The molecule has 1 spiro atoms. The van der Waals surface area contributed by atoms with Crippen molar-refractivity contribution in [1.82, 2.24) is 9.80 Å². The van der Waals surface area contributed by atoms with Gasteiger partial charge in [-0.3, -0.25) is 9.69 Å². The van der Waals surface area contributed by atoms with Gasteiger partial charge in [0.05, 0.1) is 12.7 Å². The van der Waals surface area contributed by atoms with E-state index in [-0.39, 0.29) is 22.8 Å². The second-order valence-corrected chi connectivity index (χ2v) is 11.1. The molecule has 2 aromatic carbocycles. The number of hydrogen-bond donors (Lipinski definition) is 0. The van der Waals surface area contributed by atoms with Gasteiger partial charge in [-0.05, 0) is 80.3 Å². The van der Waals surface area contributed by atoms with E-state index in [1.165, 1.54) is 11.6 Å². The molecule has 0 radical (unpaired) electrons. The fraction of sp³-hybridized carbons (Fsp3) is 0.552. The van der Waals surface area contributed by atoms with Gasteiger partial charge in [-0.15, -0.1) is 0 Å². The molecular formula is C29H37FN2O2. The number of carbonyl (C=O) groups excluding carboxylic acids is 1. The number of nitrogens with zero attached hydrogens (tertiary/aromatic N) is 2. The number of amides is 1. The maximum absolute atomic E-state index is 13.5. The minimum atomic E-state index is -0.246. The maximum atomic E-state index is 13.5. The molecule has 1 unspecified atom stereocenters. The third-order valence-electron chi connectivity index (χ3n) is 8.47. The van der Waals surface area contributed by atoms with Gasteiger partial charge >= 0.3 is 0 Å². The highest BCUT2D eigenvalue weighted by Gasteiger charge is 2.46. The lowest BCUT2D eigenvalue weighted by Gasteiger charge is -2.44. The predicted molar refractivity (Wildman–Crippen MR) is 132 cm³/mol. The van der Waals surface area contributed by atoms with Crippen LogP contribution in [0.15, 0.2) is 54.6 Å². The van der Waals surface area contributed by atoms with E-state index >= 15 is 0 Å². The molecule has 3 fully saturated rings. The molecule has 0 bridgehead atoms. The molecule has 5 rings (SSSR count). The molecule has 0 saturated carbocycles. The summed E-state index contributed by atoms with van der Waals surface area (Å²) < 4.78 is 19.7. The van der Waals surface area contributed by atoms with Crippen LogP contribution in [0.1, 0.15) is 50.2 Å². The first-order valence-corrected chi connectivity index (χ1v) is 12.8. The van der Waals surface area contributed by atoms with Crippen LogP contribution in [-0.4, -0.2) is 54.6 Å². The molecule has 0 aliphatic carbocycles. The molecule has 3 saturated heterocycles. The Morgan fingerprint density at radius 1 is 0.971 bits per heavy atom. The average Bonchev–Trinajstić information content (AvgIpc) is 3.23. The van der Waals surface area contributed by atoms with E-state index in [4.69, 9.17) is 4.74 Å². The van der Waals surface area contributed by atoms with Crippen LogP contribution in [0, 0.1) is 16.6 Å². The van der Waals surface area contributed by atoms with E-state index < -0.39 is 0 Å². The highest BCUT2D eigenvalue weighted by atomic mass is 19.1. The van der Waals surface area contributed by atoms with Crippen molar-refractivity contribution in [3.8, 4) is 0 Å². The van der Waals surface area contributed by atoms with E-state index in [2.05, 4.69) is 47.1 Å². The molecule has 2 aromatic rings. The van der Waals surface area contributed by atoms with Crippen LogP contribution in [0.5, 0.6) is 0 Å². The Hall–Kier alpha value is -2.24. The monoisotopic (exact) mass is 464 g/mol. The summed E-state index contributed by atoms with van der Waals surface area (Å²) in [4.78, 5) is 18.1. The summed E-state index contributed by atoms with van der Waals surface area (Å²) in [7, 11) is 0. The van der Waals surface area contributed by atoms with E-state index in [0.29, 0.717) is 5.91 Å². The SMILES string of the molecule is CC1(C(=O)N2CCC3(CC2)COC(Cc2cccc(F)c2)C3)CCN(Cc2ccccc2)CC1. The quantitative estimate of drug-likeness (QED) is 0.620. The molecule has 0 N–H and O–H groups in total. The van der Waals surface area contributed by atoms with Gasteiger partial charge in [0.2, 0.25) is 5.91 Å². The van der Waals surface area contributed by atoms with Crippen molar-refractivity contribution in [2.24, 2.45) is 10.8 Å². The van der Waals surface area contributed by atoms with E-state index in [1.54, 1.807) is 12.1 Å². The molecule has 4 nitrogen and oxygen atoms in total. The first-order valence-electron chi connectivity index (χ1n) is 12.8. The number of carbonyl (C=O) groups is 1. The van der Waals surface area contributed by atoms with Crippen LogP contribution >= 0.6 is 0 Å². The van der Waals surface area contributed by atoms with Crippen molar-refractivity contribution in [2.45, 2.75) is 58.1 Å². The summed E-state index contributed by atoms with van der Waals surface area (Å²) in [5.74, 6) is 0.161. The maximum Gasteiger partial charge on any atom is 0.228 e. The Bertz CT molecular complexity index is 979. The zero-order valence-electron chi connectivity index (χ0n) is 20.3. The highest BCUT2D eigenvalue weighted by Crippen LogP contribution is 2.44.